The Hall–Kier alpha value is -3.73. The monoisotopic (exact) mass is 567 g/mol. The van der Waals surface area contributed by atoms with Crippen LogP contribution in [0.15, 0.2) is 40.4 Å². The highest BCUT2D eigenvalue weighted by atomic mass is 32.1. The molecule has 0 radical (unpaired) electrons. The normalized spacial score (nSPS) is 16.1. The standard InChI is InChI=1S/C29H37N5O5S/c1-18(20-9-11-21(12-10-20)26-19(2)30-17-40-26)31-27(36)24-8-7-13-34(24)25(35)15-23-14-22(32-39-23)16-33(6)28(37)38-29(3,4)5/h9-12,14,17-18,24H,7-8,13,15-16H2,1-6H3,(H,31,36). The molecule has 3 aromatic rings. The Bertz CT molecular complexity index is 1340. The molecule has 11 heteroatoms. The molecule has 1 aliphatic heterocycles. The van der Waals surface area contributed by atoms with Crippen molar-refractivity contribution in [2.45, 2.75) is 78.1 Å². The number of amides is 3. The van der Waals surface area contributed by atoms with E-state index in [2.05, 4.69) is 15.5 Å². The summed E-state index contributed by atoms with van der Waals surface area (Å²) in [7, 11) is 1.61. The highest BCUT2D eigenvalue weighted by Gasteiger charge is 2.35. The van der Waals surface area contributed by atoms with Crippen LogP contribution in [-0.2, 0) is 27.3 Å². The number of hydrogen-bond acceptors (Lipinski definition) is 8. The lowest BCUT2D eigenvalue weighted by Crippen LogP contribution is -2.47. The molecule has 1 aromatic carbocycles. The summed E-state index contributed by atoms with van der Waals surface area (Å²) >= 11 is 1.60. The van der Waals surface area contributed by atoms with E-state index in [1.807, 2.05) is 43.6 Å². The molecular formula is C29H37N5O5S. The predicted octanol–water partition coefficient (Wildman–Crippen LogP) is 4.88. The second-order valence-corrected chi connectivity index (χ2v) is 12.0. The lowest BCUT2D eigenvalue weighted by molar-refractivity contribution is -0.138. The van der Waals surface area contributed by atoms with E-state index in [9.17, 15) is 14.4 Å². The van der Waals surface area contributed by atoms with Gasteiger partial charge < -0.3 is 24.4 Å². The van der Waals surface area contributed by atoms with Gasteiger partial charge in [0.05, 0.1) is 35.1 Å². The minimum absolute atomic E-state index is 0.0130. The van der Waals surface area contributed by atoms with Crippen molar-refractivity contribution in [1.82, 2.24) is 25.3 Å². The Balaban J connectivity index is 1.31. The van der Waals surface area contributed by atoms with E-state index < -0.39 is 17.7 Å². The number of likely N-dealkylation sites (tertiary alicyclic amines) is 1. The molecule has 0 aliphatic carbocycles. The predicted molar refractivity (Wildman–Crippen MR) is 151 cm³/mol. The first-order chi connectivity index (χ1) is 18.9. The van der Waals surface area contributed by atoms with Gasteiger partial charge in [-0.3, -0.25) is 9.59 Å². The molecule has 0 saturated carbocycles. The average Bonchev–Trinajstić information content (AvgIpc) is 3.64. The van der Waals surface area contributed by atoms with Gasteiger partial charge in [-0.15, -0.1) is 11.3 Å². The van der Waals surface area contributed by atoms with Gasteiger partial charge >= 0.3 is 6.09 Å². The zero-order valence-electron chi connectivity index (χ0n) is 23.9. The molecule has 1 N–H and O–H groups in total. The molecule has 4 rings (SSSR count). The third-order valence-electron chi connectivity index (χ3n) is 6.69. The number of rotatable bonds is 8. The van der Waals surface area contributed by atoms with Gasteiger partial charge in [0.25, 0.3) is 0 Å². The summed E-state index contributed by atoms with van der Waals surface area (Å²) in [6.07, 6.45) is 0.875. The summed E-state index contributed by atoms with van der Waals surface area (Å²) in [5.41, 5.74) is 4.83. The van der Waals surface area contributed by atoms with E-state index in [1.54, 1.807) is 50.1 Å². The first-order valence-electron chi connectivity index (χ1n) is 13.4. The first kappa shape index (κ1) is 29.3. The number of ether oxygens (including phenoxy) is 1. The molecule has 3 amide bonds. The lowest BCUT2D eigenvalue weighted by Gasteiger charge is -2.25. The summed E-state index contributed by atoms with van der Waals surface area (Å²) < 4.78 is 10.7. The lowest BCUT2D eigenvalue weighted by atomic mass is 10.0. The quantitative estimate of drug-likeness (QED) is 0.412. The maximum absolute atomic E-state index is 13.2. The van der Waals surface area contributed by atoms with Crippen LogP contribution in [0.2, 0.25) is 0 Å². The molecule has 1 saturated heterocycles. The van der Waals surface area contributed by atoms with Crippen molar-refractivity contribution < 1.29 is 23.6 Å². The smallest absolute Gasteiger partial charge is 0.410 e. The number of carbonyl (C=O) groups is 3. The van der Waals surface area contributed by atoms with E-state index in [0.29, 0.717) is 24.4 Å². The van der Waals surface area contributed by atoms with Crippen LogP contribution >= 0.6 is 11.3 Å². The molecule has 2 atom stereocenters. The summed E-state index contributed by atoms with van der Waals surface area (Å²) in [6, 6.07) is 9.03. The van der Waals surface area contributed by atoms with Gasteiger partial charge in [0, 0.05) is 19.7 Å². The Labute approximate surface area is 238 Å². The summed E-state index contributed by atoms with van der Waals surface area (Å²) in [6.45, 7) is 10.0. The number of aryl methyl sites for hydroxylation is 1. The Morgan fingerprint density at radius 3 is 2.62 bits per heavy atom. The van der Waals surface area contributed by atoms with E-state index in [-0.39, 0.29) is 30.8 Å². The Morgan fingerprint density at radius 1 is 1.25 bits per heavy atom. The van der Waals surface area contributed by atoms with Crippen LogP contribution in [0.4, 0.5) is 4.79 Å². The number of aromatic nitrogens is 2. The van der Waals surface area contributed by atoms with Crippen molar-refractivity contribution in [2.75, 3.05) is 13.6 Å². The number of carbonyl (C=O) groups excluding carboxylic acids is 3. The van der Waals surface area contributed by atoms with Gasteiger partial charge in [-0.2, -0.15) is 0 Å². The highest BCUT2D eigenvalue weighted by molar-refractivity contribution is 7.13. The fraction of sp³-hybridized carbons (Fsp3) is 0.483. The largest absolute Gasteiger partial charge is 0.444 e. The van der Waals surface area contributed by atoms with Crippen molar-refractivity contribution in [1.29, 1.82) is 0 Å². The van der Waals surface area contributed by atoms with Crippen LogP contribution in [0.3, 0.4) is 0 Å². The molecule has 0 spiro atoms. The van der Waals surface area contributed by atoms with E-state index in [1.165, 1.54) is 4.90 Å². The third kappa shape index (κ3) is 7.26. The Morgan fingerprint density at radius 2 is 1.98 bits per heavy atom. The van der Waals surface area contributed by atoms with Crippen LogP contribution in [0, 0.1) is 6.92 Å². The van der Waals surface area contributed by atoms with Crippen molar-refractivity contribution in [3.05, 3.63) is 58.6 Å². The van der Waals surface area contributed by atoms with E-state index in [0.717, 1.165) is 28.1 Å². The number of thiazole rings is 1. The molecule has 0 bridgehead atoms. The maximum atomic E-state index is 13.2. The fourth-order valence-corrected chi connectivity index (χ4v) is 5.46. The van der Waals surface area contributed by atoms with Gasteiger partial charge in [-0.1, -0.05) is 29.4 Å². The fourth-order valence-electron chi connectivity index (χ4n) is 4.64. The summed E-state index contributed by atoms with van der Waals surface area (Å²) in [4.78, 5) is 47.0. The van der Waals surface area contributed by atoms with Crippen molar-refractivity contribution >= 4 is 29.2 Å². The molecule has 214 valence electrons. The number of benzene rings is 1. The van der Waals surface area contributed by atoms with Crippen LogP contribution < -0.4 is 5.32 Å². The molecule has 2 aromatic heterocycles. The van der Waals surface area contributed by atoms with Gasteiger partial charge in [0.2, 0.25) is 11.8 Å². The zero-order chi connectivity index (χ0) is 29.0. The zero-order valence-corrected chi connectivity index (χ0v) is 24.7. The molecule has 1 fully saturated rings. The highest BCUT2D eigenvalue weighted by Crippen LogP contribution is 2.28. The Kier molecular flexibility index (Phi) is 8.92. The van der Waals surface area contributed by atoms with Crippen LogP contribution in [0.25, 0.3) is 10.4 Å². The molecule has 2 unspecified atom stereocenters. The second-order valence-electron chi connectivity index (χ2n) is 11.2. The average molecular weight is 568 g/mol. The van der Waals surface area contributed by atoms with Crippen molar-refractivity contribution in [3.63, 3.8) is 0 Å². The van der Waals surface area contributed by atoms with Gasteiger partial charge in [-0.25, -0.2) is 9.78 Å². The third-order valence-corrected chi connectivity index (χ3v) is 7.67. The van der Waals surface area contributed by atoms with Crippen LogP contribution in [0.5, 0.6) is 0 Å². The van der Waals surface area contributed by atoms with Gasteiger partial charge in [0.15, 0.2) is 0 Å². The topological polar surface area (TPSA) is 118 Å². The molecule has 10 nitrogen and oxygen atoms in total. The minimum Gasteiger partial charge on any atom is -0.444 e. The minimum atomic E-state index is -0.602. The number of nitrogens with one attached hydrogen (secondary N) is 1. The number of nitrogens with zero attached hydrogens (tertiary/aromatic N) is 4. The van der Waals surface area contributed by atoms with Crippen LogP contribution in [0.1, 0.15) is 69.3 Å². The van der Waals surface area contributed by atoms with Crippen molar-refractivity contribution in [2.24, 2.45) is 0 Å². The second kappa shape index (κ2) is 12.2. The van der Waals surface area contributed by atoms with Crippen molar-refractivity contribution in [3.8, 4) is 10.4 Å². The van der Waals surface area contributed by atoms with Gasteiger partial charge in [-0.05, 0) is 58.6 Å². The molecule has 40 heavy (non-hydrogen) atoms. The number of hydrogen-bond donors (Lipinski definition) is 1. The molecule has 1 aliphatic rings. The molecular weight excluding hydrogens is 530 g/mol. The molecule has 3 heterocycles. The summed E-state index contributed by atoms with van der Waals surface area (Å²) in [5.74, 6) is 0.0176. The SMILES string of the molecule is Cc1ncsc1-c1ccc(C(C)NC(=O)C2CCCN2C(=O)Cc2cc(CN(C)C(=O)OC(C)(C)C)no2)cc1. The van der Waals surface area contributed by atoms with E-state index >= 15 is 0 Å². The first-order valence-corrected chi connectivity index (χ1v) is 14.3. The summed E-state index contributed by atoms with van der Waals surface area (Å²) in [5, 5.41) is 7.07. The van der Waals surface area contributed by atoms with E-state index in [4.69, 9.17) is 9.26 Å². The van der Waals surface area contributed by atoms with Gasteiger partial charge in [0.1, 0.15) is 23.1 Å². The van der Waals surface area contributed by atoms with Crippen LogP contribution in [-0.4, -0.2) is 63.1 Å². The maximum Gasteiger partial charge on any atom is 0.410 e.